The van der Waals surface area contributed by atoms with E-state index in [9.17, 15) is 9.76 Å². The van der Waals surface area contributed by atoms with Crippen LogP contribution in [0.3, 0.4) is 0 Å². The molecule has 1 heterocycles. The molecule has 1 atom stereocenters. The number of rotatable bonds is 3. The second-order valence-electron chi connectivity index (χ2n) is 4.01. The van der Waals surface area contributed by atoms with Crippen LogP contribution >= 0.6 is 23.2 Å². The van der Waals surface area contributed by atoms with Gasteiger partial charge in [0, 0.05) is 21.7 Å². The summed E-state index contributed by atoms with van der Waals surface area (Å²) in [6.07, 6.45) is 1.33. The first-order chi connectivity index (χ1) is 9.00. The molecule has 0 aliphatic heterocycles. The molecule has 0 radical (unpaired) electrons. The molecule has 0 saturated carbocycles. The minimum atomic E-state index is -1.50. The lowest BCUT2D eigenvalue weighted by Gasteiger charge is -2.12. The Bertz CT molecular complexity index is 567. The normalized spacial score (nSPS) is 12.4. The molecular formula is C13H11Cl2NO2S. The molecule has 0 amide bonds. The predicted octanol–water partition coefficient (Wildman–Crippen LogP) is 3.24. The van der Waals surface area contributed by atoms with Crippen molar-refractivity contribution in [2.45, 2.75) is 17.7 Å². The Kier molecular flexibility index (Phi) is 4.58. The SMILES string of the molecule is Cc1ccc[n+]([O-])c1[S+]([O-])Cc1c(Cl)cccc1Cl. The van der Waals surface area contributed by atoms with Crippen LogP contribution in [-0.2, 0) is 16.9 Å². The zero-order valence-electron chi connectivity index (χ0n) is 10.1. The van der Waals surface area contributed by atoms with E-state index >= 15 is 0 Å². The van der Waals surface area contributed by atoms with E-state index in [1.165, 1.54) is 6.20 Å². The van der Waals surface area contributed by atoms with Gasteiger partial charge >= 0.3 is 5.03 Å². The van der Waals surface area contributed by atoms with E-state index < -0.39 is 11.2 Å². The van der Waals surface area contributed by atoms with Gasteiger partial charge in [0.05, 0.1) is 16.7 Å². The summed E-state index contributed by atoms with van der Waals surface area (Å²) in [5.74, 6) is 0.117. The minimum Gasteiger partial charge on any atom is -0.615 e. The van der Waals surface area contributed by atoms with Crippen LogP contribution in [0.25, 0.3) is 0 Å². The van der Waals surface area contributed by atoms with Gasteiger partial charge < -0.3 is 9.76 Å². The number of benzene rings is 1. The summed E-state index contributed by atoms with van der Waals surface area (Å²) in [6, 6.07) is 8.45. The molecule has 6 heteroatoms. The van der Waals surface area contributed by atoms with Gasteiger partial charge in [0.1, 0.15) is 5.75 Å². The molecule has 19 heavy (non-hydrogen) atoms. The first kappa shape index (κ1) is 14.5. The number of hydrogen-bond acceptors (Lipinski definition) is 2. The molecule has 0 fully saturated rings. The Morgan fingerprint density at radius 1 is 1.16 bits per heavy atom. The van der Waals surface area contributed by atoms with Crippen LogP contribution in [0, 0.1) is 12.1 Å². The molecule has 100 valence electrons. The lowest BCUT2D eigenvalue weighted by Crippen LogP contribution is -2.35. The topological polar surface area (TPSA) is 50.0 Å². The molecule has 0 spiro atoms. The van der Waals surface area contributed by atoms with Crippen molar-refractivity contribution in [2.24, 2.45) is 0 Å². The highest BCUT2D eigenvalue weighted by Gasteiger charge is 2.26. The highest BCUT2D eigenvalue weighted by molar-refractivity contribution is 7.90. The molecule has 2 aromatic rings. The lowest BCUT2D eigenvalue weighted by molar-refractivity contribution is -0.647. The predicted molar refractivity (Wildman–Crippen MR) is 76.7 cm³/mol. The van der Waals surface area contributed by atoms with E-state index in [0.29, 0.717) is 25.9 Å². The van der Waals surface area contributed by atoms with Crippen LogP contribution < -0.4 is 4.73 Å². The van der Waals surface area contributed by atoms with Crippen molar-refractivity contribution >= 4 is 34.4 Å². The number of pyridine rings is 1. The number of aryl methyl sites for hydroxylation is 1. The molecule has 0 saturated heterocycles. The van der Waals surface area contributed by atoms with Gasteiger partial charge in [-0.2, -0.15) is 0 Å². The largest absolute Gasteiger partial charge is 0.615 e. The average Bonchev–Trinajstić information content (AvgIpc) is 2.34. The summed E-state index contributed by atoms with van der Waals surface area (Å²) >= 11 is 10.6. The van der Waals surface area contributed by atoms with Crippen LogP contribution in [-0.4, -0.2) is 4.55 Å². The van der Waals surface area contributed by atoms with Crippen molar-refractivity contribution in [3.8, 4) is 0 Å². The number of hydrogen-bond donors (Lipinski definition) is 0. The summed E-state index contributed by atoms with van der Waals surface area (Å²) < 4.78 is 13.0. The van der Waals surface area contributed by atoms with Crippen molar-refractivity contribution in [3.63, 3.8) is 0 Å². The highest BCUT2D eigenvalue weighted by Crippen LogP contribution is 2.28. The van der Waals surface area contributed by atoms with E-state index in [0.717, 1.165) is 0 Å². The van der Waals surface area contributed by atoms with Crippen LogP contribution in [0.5, 0.6) is 0 Å². The van der Waals surface area contributed by atoms with Gasteiger partial charge in [-0.3, -0.25) is 0 Å². The Morgan fingerprint density at radius 2 is 1.79 bits per heavy atom. The molecule has 0 bridgehead atoms. The first-order valence-corrected chi connectivity index (χ1v) is 7.58. The van der Waals surface area contributed by atoms with Gasteiger partial charge in [-0.1, -0.05) is 29.3 Å². The van der Waals surface area contributed by atoms with E-state index in [1.54, 1.807) is 37.3 Å². The fourth-order valence-electron chi connectivity index (χ4n) is 1.73. The molecule has 1 unspecified atom stereocenters. The van der Waals surface area contributed by atoms with Gasteiger partial charge in [0.15, 0.2) is 6.20 Å². The first-order valence-electron chi connectivity index (χ1n) is 5.50. The summed E-state index contributed by atoms with van der Waals surface area (Å²) in [5, 5.41) is 12.8. The van der Waals surface area contributed by atoms with E-state index in [1.807, 2.05) is 0 Å². The minimum absolute atomic E-state index is 0.117. The summed E-state index contributed by atoms with van der Waals surface area (Å²) in [7, 11) is 0. The van der Waals surface area contributed by atoms with Crippen LogP contribution in [0.2, 0.25) is 10.0 Å². The van der Waals surface area contributed by atoms with Gasteiger partial charge in [-0.15, -0.1) is 4.73 Å². The molecular weight excluding hydrogens is 305 g/mol. The standard InChI is InChI=1S/C13H11Cl2NO2S/c1-9-4-3-7-16(17)13(9)19(18)8-10-11(14)5-2-6-12(10)15/h2-7H,8H2,1H3. The summed E-state index contributed by atoms with van der Waals surface area (Å²) in [6.45, 7) is 1.75. The van der Waals surface area contributed by atoms with E-state index in [2.05, 4.69) is 0 Å². The maximum absolute atomic E-state index is 12.3. The van der Waals surface area contributed by atoms with Crippen LogP contribution in [0.4, 0.5) is 0 Å². The second kappa shape index (κ2) is 6.01. The fraction of sp³-hybridized carbons (Fsp3) is 0.154. The van der Waals surface area contributed by atoms with Gasteiger partial charge in [-0.25, -0.2) is 0 Å². The van der Waals surface area contributed by atoms with Crippen molar-refractivity contribution in [1.82, 2.24) is 0 Å². The molecule has 1 aromatic heterocycles. The van der Waals surface area contributed by atoms with Gasteiger partial charge in [-0.05, 0) is 25.1 Å². The van der Waals surface area contributed by atoms with Gasteiger partial charge in [0.2, 0.25) is 0 Å². The van der Waals surface area contributed by atoms with Gasteiger partial charge in [0.25, 0.3) is 0 Å². The zero-order chi connectivity index (χ0) is 14.0. The van der Waals surface area contributed by atoms with Crippen molar-refractivity contribution in [2.75, 3.05) is 0 Å². The summed E-state index contributed by atoms with van der Waals surface area (Å²) in [4.78, 5) is 0. The third-order valence-corrected chi connectivity index (χ3v) is 4.85. The van der Waals surface area contributed by atoms with Crippen molar-refractivity contribution in [1.29, 1.82) is 0 Å². The Hall–Kier alpha value is -0.940. The lowest BCUT2D eigenvalue weighted by atomic mass is 10.2. The zero-order valence-corrected chi connectivity index (χ0v) is 12.4. The van der Waals surface area contributed by atoms with Crippen molar-refractivity contribution in [3.05, 3.63) is 62.9 Å². The quantitative estimate of drug-likeness (QED) is 0.496. The molecule has 0 aliphatic carbocycles. The molecule has 1 aromatic carbocycles. The Morgan fingerprint density at radius 3 is 2.37 bits per heavy atom. The number of nitrogens with zero attached hydrogens (tertiary/aromatic N) is 1. The highest BCUT2D eigenvalue weighted by atomic mass is 35.5. The monoisotopic (exact) mass is 315 g/mol. The maximum Gasteiger partial charge on any atom is 0.396 e. The number of halogens is 2. The Balaban J connectivity index is 2.34. The third-order valence-electron chi connectivity index (χ3n) is 2.66. The van der Waals surface area contributed by atoms with Crippen molar-refractivity contribution < 1.29 is 9.28 Å². The number of aromatic nitrogens is 1. The van der Waals surface area contributed by atoms with Crippen LogP contribution in [0.1, 0.15) is 11.1 Å². The van der Waals surface area contributed by atoms with Crippen LogP contribution in [0.15, 0.2) is 41.6 Å². The maximum atomic E-state index is 12.3. The summed E-state index contributed by atoms with van der Waals surface area (Å²) in [5.41, 5.74) is 1.27. The third kappa shape index (κ3) is 3.15. The second-order valence-corrected chi connectivity index (χ2v) is 6.19. The molecule has 3 nitrogen and oxygen atoms in total. The Labute approximate surface area is 124 Å². The fourth-order valence-corrected chi connectivity index (χ4v) is 3.82. The molecule has 0 N–H and O–H groups in total. The smallest absolute Gasteiger partial charge is 0.396 e. The van der Waals surface area contributed by atoms with E-state index in [4.69, 9.17) is 23.2 Å². The molecule has 0 aliphatic rings. The molecule has 2 rings (SSSR count). The average molecular weight is 316 g/mol. The van der Waals surface area contributed by atoms with E-state index in [-0.39, 0.29) is 10.8 Å².